The molecule has 1 atom stereocenters. The molecule has 0 aromatic heterocycles. The molecular formula is C6H12ClN2O3P. The number of nitrogens with zero attached hydrogens (tertiary/aromatic N) is 2. The van der Waals surface area contributed by atoms with E-state index < -0.39 is 6.87 Å². The van der Waals surface area contributed by atoms with Crippen molar-refractivity contribution < 1.29 is 14.3 Å². The lowest BCUT2D eigenvalue weighted by Gasteiger charge is -2.33. The average molecular weight is 227 g/mol. The molecule has 0 spiro atoms. The van der Waals surface area contributed by atoms with Crippen LogP contribution in [0.3, 0.4) is 0 Å². The zero-order valence-corrected chi connectivity index (χ0v) is 8.96. The summed E-state index contributed by atoms with van der Waals surface area (Å²) in [6, 6.07) is 0. The van der Waals surface area contributed by atoms with Crippen LogP contribution in [0, 0.1) is 0 Å². The van der Waals surface area contributed by atoms with Crippen LogP contribution in [-0.2, 0) is 9.36 Å². The van der Waals surface area contributed by atoms with Gasteiger partial charge in [0.1, 0.15) is 0 Å². The number of carbonyl (C=O) groups is 1. The lowest BCUT2D eigenvalue weighted by molar-refractivity contribution is -0.130. The molecule has 1 aliphatic heterocycles. The second-order valence-electron chi connectivity index (χ2n) is 2.93. The van der Waals surface area contributed by atoms with Crippen molar-refractivity contribution in [1.82, 2.24) is 9.57 Å². The summed E-state index contributed by atoms with van der Waals surface area (Å²) in [5, 5.41) is 0. The first kappa shape index (κ1) is 11.0. The van der Waals surface area contributed by atoms with Gasteiger partial charge in [0.15, 0.2) is 0 Å². The van der Waals surface area contributed by atoms with Crippen molar-refractivity contribution in [1.29, 1.82) is 0 Å². The van der Waals surface area contributed by atoms with Gasteiger partial charge in [-0.05, 0) is 11.2 Å². The van der Waals surface area contributed by atoms with E-state index in [1.807, 2.05) is 0 Å². The van der Waals surface area contributed by atoms with Gasteiger partial charge in [-0.3, -0.25) is 9.36 Å². The highest BCUT2D eigenvalue weighted by Gasteiger charge is 2.29. The highest BCUT2D eigenvalue weighted by Crippen LogP contribution is 2.50. The van der Waals surface area contributed by atoms with Gasteiger partial charge in [-0.2, -0.15) is 0 Å². The highest BCUT2D eigenvalue weighted by atomic mass is 35.7. The zero-order chi connectivity index (χ0) is 10.1. The molecule has 1 unspecified atom stereocenters. The van der Waals surface area contributed by atoms with Gasteiger partial charge in [0.05, 0.1) is 0 Å². The van der Waals surface area contributed by atoms with E-state index in [9.17, 15) is 9.36 Å². The standard InChI is InChI=1S/C6H12ClN2O3P/c1-6(10)8-2-4-9(5-3-8)13(7,11)12/h2-5H2,1H3,(H,11,12). The van der Waals surface area contributed by atoms with Gasteiger partial charge in [-0.25, -0.2) is 4.67 Å². The molecule has 0 radical (unpaired) electrons. The number of carbonyl (C=O) groups excluding carboxylic acids is 1. The summed E-state index contributed by atoms with van der Waals surface area (Å²) in [4.78, 5) is 21.5. The van der Waals surface area contributed by atoms with Crippen LogP contribution in [0.1, 0.15) is 6.92 Å². The molecule has 1 N–H and O–H groups in total. The molecule has 7 heteroatoms. The molecule has 0 saturated carbocycles. The minimum Gasteiger partial charge on any atom is -0.340 e. The Morgan fingerprint density at radius 3 is 2.15 bits per heavy atom. The smallest absolute Gasteiger partial charge is 0.340 e. The van der Waals surface area contributed by atoms with Crippen molar-refractivity contribution in [3.05, 3.63) is 0 Å². The van der Waals surface area contributed by atoms with E-state index in [4.69, 9.17) is 16.1 Å². The van der Waals surface area contributed by atoms with Gasteiger partial charge < -0.3 is 9.79 Å². The van der Waals surface area contributed by atoms with Crippen molar-refractivity contribution in [3.8, 4) is 0 Å². The van der Waals surface area contributed by atoms with E-state index in [2.05, 4.69) is 0 Å². The summed E-state index contributed by atoms with van der Waals surface area (Å²) in [7, 11) is 0. The maximum atomic E-state index is 11.0. The molecule has 1 heterocycles. The van der Waals surface area contributed by atoms with Gasteiger partial charge in [-0.1, -0.05) is 0 Å². The predicted molar refractivity (Wildman–Crippen MR) is 49.5 cm³/mol. The van der Waals surface area contributed by atoms with E-state index in [0.29, 0.717) is 26.2 Å². The number of halogens is 1. The fourth-order valence-electron chi connectivity index (χ4n) is 1.26. The van der Waals surface area contributed by atoms with Crippen LogP contribution >= 0.6 is 18.1 Å². The lowest BCUT2D eigenvalue weighted by atomic mass is 10.3. The molecule has 5 nitrogen and oxygen atoms in total. The second-order valence-corrected chi connectivity index (χ2v) is 5.77. The normalized spacial score (nSPS) is 24.1. The first-order chi connectivity index (χ1) is 5.91. The van der Waals surface area contributed by atoms with Gasteiger partial charge >= 0.3 is 6.87 Å². The van der Waals surface area contributed by atoms with Crippen molar-refractivity contribution in [3.63, 3.8) is 0 Å². The summed E-state index contributed by atoms with van der Waals surface area (Å²) in [6.45, 7) is -0.503. The fraction of sp³-hybridized carbons (Fsp3) is 0.833. The third kappa shape index (κ3) is 2.95. The maximum absolute atomic E-state index is 11.0. The van der Waals surface area contributed by atoms with Gasteiger partial charge in [0, 0.05) is 33.1 Å². The van der Waals surface area contributed by atoms with Crippen LogP contribution in [0.15, 0.2) is 0 Å². The van der Waals surface area contributed by atoms with Crippen LogP contribution in [0.25, 0.3) is 0 Å². The van der Waals surface area contributed by atoms with Crippen molar-refractivity contribution >= 4 is 24.0 Å². The van der Waals surface area contributed by atoms with E-state index >= 15 is 0 Å². The van der Waals surface area contributed by atoms with Gasteiger partial charge in [-0.15, -0.1) is 0 Å². The highest BCUT2D eigenvalue weighted by molar-refractivity contribution is 7.82. The number of hydrogen-bond acceptors (Lipinski definition) is 2. The largest absolute Gasteiger partial charge is 0.360 e. The third-order valence-electron chi connectivity index (χ3n) is 2.05. The van der Waals surface area contributed by atoms with Crippen molar-refractivity contribution in [2.75, 3.05) is 26.2 Å². The Bertz CT molecular complexity index is 246. The lowest BCUT2D eigenvalue weighted by Crippen LogP contribution is -2.46. The van der Waals surface area contributed by atoms with Crippen LogP contribution in [0.4, 0.5) is 0 Å². The summed E-state index contributed by atoms with van der Waals surface area (Å²) < 4.78 is 12.3. The van der Waals surface area contributed by atoms with Crippen LogP contribution in [0.2, 0.25) is 0 Å². The van der Waals surface area contributed by atoms with Crippen LogP contribution in [-0.4, -0.2) is 46.5 Å². The maximum Gasteiger partial charge on any atom is 0.360 e. The molecule has 1 saturated heterocycles. The summed E-state index contributed by atoms with van der Waals surface area (Å²) in [5.74, 6) is -0.0120. The molecule has 13 heavy (non-hydrogen) atoms. The van der Waals surface area contributed by atoms with Crippen LogP contribution in [0.5, 0.6) is 0 Å². The molecule has 0 aromatic rings. The van der Waals surface area contributed by atoms with E-state index in [1.54, 1.807) is 4.90 Å². The first-order valence-corrected chi connectivity index (χ1v) is 6.46. The molecule has 0 bridgehead atoms. The summed E-state index contributed by atoms with van der Waals surface area (Å²) >= 11 is 5.27. The molecule has 0 aromatic carbocycles. The van der Waals surface area contributed by atoms with E-state index in [-0.39, 0.29) is 5.91 Å². The van der Waals surface area contributed by atoms with Crippen molar-refractivity contribution in [2.45, 2.75) is 6.92 Å². The van der Waals surface area contributed by atoms with Crippen LogP contribution < -0.4 is 0 Å². The van der Waals surface area contributed by atoms with E-state index in [0.717, 1.165) is 0 Å². The van der Waals surface area contributed by atoms with E-state index in [1.165, 1.54) is 11.6 Å². The topological polar surface area (TPSA) is 60.9 Å². The predicted octanol–water partition coefficient (Wildman–Crippen LogP) is 0.490. The fourth-order valence-corrected chi connectivity index (χ4v) is 2.38. The summed E-state index contributed by atoms with van der Waals surface area (Å²) in [5.41, 5.74) is 0. The Kier molecular flexibility index (Phi) is 3.35. The molecule has 1 fully saturated rings. The quantitative estimate of drug-likeness (QED) is 0.661. The summed E-state index contributed by atoms with van der Waals surface area (Å²) in [6.07, 6.45) is 0. The SMILES string of the molecule is CC(=O)N1CCN(P(=O)(O)Cl)CC1. The number of piperazine rings is 1. The Hall–Kier alpha value is -0.0900. The third-order valence-corrected chi connectivity index (χ3v) is 3.79. The zero-order valence-electron chi connectivity index (χ0n) is 7.31. The average Bonchev–Trinajstić information content (AvgIpc) is 2.03. The Morgan fingerprint density at radius 1 is 1.38 bits per heavy atom. The monoisotopic (exact) mass is 226 g/mol. The van der Waals surface area contributed by atoms with Gasteiger partial charge in [0.25, 0.3) is 0 Å². The number of rotatable bonds is 1. The number of amides is 1. The molecule has 0 aliphatic carbocycles. The number of hydrogen-bond donors (Lipinski definition) is 1. The molecule has 1 rings (SSSR count). The molecule has 1 amide bonds. The Morgan fingerprint density at radius 2 is 1.85 bits per heavy atom. The minimum absolute atomic E-state index is 0.0120. The molecule has 76 valence electrons. The second kappa shape index (κ2) is 3.96. The van der Waals surface area contributed by atoms with Gasteiger partial charge in [0.2, 0.25) is 5.91 Å². The molecular weight excluding hydrogens is 215 g/mol. The minimum atomic E-state index is -3.63. The Balaban J connectivity index is 2.48. The first-order valence-electron chi connectivity index (χ1n) is 3.94. The van der Waals surface area contributed by atoms with Crippen molar-refractivity contribution in [2.24, 2.45) is 0 Å². The molecule has 1 aliphatic rings. The Labute approximate surface area is 81.6 Å².